The molecule has 0 atom stereocenters. The third kappa shape index (κ3) is 3.49. The molecule has 0 radical (unpaired) electrons. The van der Waals surface area contributed by atoms with Gasteiger partial charge in [0.05, 0.1) is 11.0 Å². The zero-order valence-electron chi connectivity index (χ0n) is 18.7. The number of aromatic hydroxyl groups is 1. The largest absolute Gasteiger partial charge is 0.507 e. The van der Waals surface area contributed by atoms with Gasteiger partial charge in [0.2, 0.25) is 0 Å². The number of fused-ring (bicyclic) bond motifs is 1. The van der Waals surface area contributed by atoms with Crippen LogP contribution in [-0.4, -0.2) is 14.7 Å². The molecule has 1 heterocycles. The minimum Gasteiger partial charge on any atom is -0.507 e. The summed E-state index contributed by atoms with van der Waals surface area (Å²) in [6.45, 7) is 12.8. The Labute approximate surface area is 179 Å². The Balaban J connectivity index is 2.11. The number of para-hydroxylation sites is 2. The second-order valence-corrected chi connectivity index (χ2v) is 10.0. The van der Waals surface area contributed by atoms with Crippen LogP contribution >= 0.6 is 0 Å². The summed E-state index contributed by atoms with van der Waals surface area (Å²) < 4.78 is 2.22. The molecule has 0 amide bonds. The molecule has 4 aromatic rings. The van der Waals surface area contributed by atoms with Gasteiger partial charge in [-0.15, -0.1) is 0 Å². The highest BCUT2D eigenvalue weighted by Gasteiger charge is 2.28. The van der Waals surface area contributed by atoms with Crippen LogP contribution in [0.15, 0.2) is 66.7 Å². The number of rotatable bonds is 2. The van der Waals surface area contributed by atoms with Crippen molar-refractivity contribution in [2.75, 3.05) is 0 Å². The van der Waals surface area contributed by atoms with Crippen molar-refractivity contribution in [1.29, 1.82) is 0 Å². The molecule has 3 aromatic carbocycles. The zero-order chi connectivity index (χ0) is 21.7. The van der Waals surface area contributed by atoms with E-state index >= 15 is 0 Å². The molecule has 0 aliphatic heterocycles. The fourth-order valence-electron chi connectivity index (χ4n) is 3.96. The molecule has 0 unspecified atom stereocenters. The van der Waals surface area contributed by atoms with Crippen molar-refractivity contribution in [3.8, 4) is 22.8 Å². The lowest BCUT2D eigenvalue weighted by Crippen LogP contribution is -2.18. The Kier molecular flexibility index (Phi) is 4.73. The summed E-state index contributed by atoms with van der Waals surface area (Å²) in [5, 5.41) is 11.2. The van der Waals surface area contributed by atoms with Gasteiger partial charge in [0.25, 0.3) is 0 Å². The van der Waals surface area contributed by atoms with E-state index in [9.17, 15) is 5.11 Å². The maximum Gasteiger partial charge on any atom is 0.145 e. The van der Waals surface area contributed by atoms with Gasteiger partial charge < -0.3 is 5.11 Å². The first kappa shape index (κ1) is 20.2. The van der Waals surface area contributed by atoms with E-state index in [1.807, 2.05) is 36.4 Å². The predicted octanol–water partition coefficient (Wildman–Crippen LogP) is 6.99. The first-order valence-electron chi connectivity index (χ1n) is 10.5. The number of benzene rings is 3. The van der Waals surface area contributed by atoms with Gasteiger partial charge in [0.1, 0.15) is 11.6 Å². The minimum absolute atomic E-state index is 0.191. The second kappa shape index (κ2) is 7.02. The molecule has 1 N–H and O–H groups in total. The number of phenolic OH excluding ortho intramolecular Hbond substituents is 1. The van der Waals surface area contributed by atoms with E-state index in [0.717, 1.165) is 39.2 Å². The van der Waals surface area contributed by atoms with Crippen LogP contribution in [0.25, 0.3) is 28.1 Å². The molecule has 30 heavy (non-hydrogen) atoms. The van der Waals surface area contributed by atoms with Crippen molar-refractivity contribution >= 4 is 11.0 Å². The smallest absolute Gasteiger partial charge is 0.145 e. The van der Waals surface area contributed by atoms with Crippen LogP contribution < -0.4 is 0 Å². The number of imidazole rings is 1. The zero-order valence-corrected chi connectivity index (χ0v) is 18.7. The van der Waals surface area contributed by atoms with Crippen LogP contribution in [0.3, 0.4) is 0 Å². The average molecular weight is 399 g/mol. The molecule has 0 aliphatic rings. The molecule has 0 fully saturated rings. The van der Waals surface area contributed by atoms with Gasteiger partial charge in [-0.05, 0) is 35.1 Å². The molecule has 0 saturated carbocycles. The summed E-state index contributed by atoms with van der Waals surface area (Å²) in [4.78, 5) is 4.97. The maximum atomic E-state index is 11.2. The Morgan fingerprint density at radius 2 is 1.27 bits per heavy atom. The number of aromatic nitrogens is 2. The van der Waals surface area contributed by atoms with Crippen LogP contribution in [0, 0.1) is 0 Å². The van der Waals surface area contributed by atoms with Crippen molar-refractivity contribution in [2.24, 2.45) is 0 Å². The first-order chi connectivity index (χ1) is 14.1. The molecule has 3 nitrogen and oxygen atoms in total. The first-order valence-corrected chi connectivity index (χ1v) is 10.5. The third-order valence-electron chi connectivity index (χ3n) is 5.56. The molecule has 0 aliphatic carbocycles. The van der Waals surface area contributed by atoms with Crippen molar-refractivity contribution < 1.29 is 5.11 Å². The second-order valence-electron chi connectivity index (χ2n) is 10.0. The van der Waals surface area contributed by atoms with E-state index in [-0.39, 0.29) is 10.8 Å². The lowest BCUT2D eigenvalue weighted by molar-refractivity contribution is 0.423. The topological polar surface area (TPSA) is 38.0 Å². The molecule has 154 valence electrons. The highest BCUT2D eigenvalue weighted by Crippen LogP contribution is 2.42. The number of hydrogen-bond acceptors (Lipinski definition) is 2. The minimum atomic E-state index is -0.191. The summed E-state index contributed by atoms with van der Waals surface area (Å²) in [7, 11) is 0. The van der Waals surface area contributed by atoms with E-state index in [4.69, 9.17) is 4.98 Å². The molecule has 3 heteroatoms. The van der Waals surface area contributed by atoms with Crippen LogP contribution in [0.1, 0.15) is 52.7 Å². The summed E-state index contributed by atoms with van der Waals surface area (Å²) in [5.74, 6) is 1.30. The van der Waals surface area contributed by atoms with Gasteiger partial charge in [-0.3, -0.25) is 4.57 Å². The Morgan fingerprint density at radius 1 is 0.733 bits per heavy atom. The molecule has 0 saturated heterocycles. The fraction of sp³-hybridized carbons (Fsp3) is 0.296. The SMILES string of the molecule is CC(C)(C)c1cc(-n2c(-c3ccccc3)nc3ccccc32)cc(C(C)(C)C)c1O. The molecule has 0 bridgehead atoms. The number of hydrogen-bond donors (Lipinski definition) is 1. The summed E-state index contributed by atoms with van der Waals surface area (Å²) >= 11 is 0. The van der Waals surface area contributed by atoms with Gasteiger partial charge >= 0.3 is 0 Å². The highest BCUT2D eigenvalue weighted by atomic mass is 16.3. The standard InChI is InChI=1S/C27H30N2O/c1-26(2,3)20-16-19(17-21(24(20)30)27(4,5)6)29-23-15-11-10-14-22(23)28-25(29)18-12-8-7-9-13-18/h7-17,30H,1-6H3. The monoisotopic (exact) mass is 398 g/mol. The quantitative estimate of drug-likeness (QED) is 0.395. The molecular weight excluding hydrogens is 368 g/mol. The van der Waals surface area contributed by atoms with Gasteiger partial charge in [-0.2, -0.15) is 0 Å². The van der Waals surface area contributed by atoms with Crippen LogP contribution in [-0.2, 0) is 10.8 Å². The highest BCUT2D eigenvalue weighted by molar-refractivity contribution is 5.83. The van der Waals surface area contributed by atoms with E-state index < -0.39 is 0 Å². The summed E-state index contributed by atoms with van der Waals surface area (Å²) in [6.07, 6.45) is 0. The van der Waals surface area contributed by atoms with Crippen LogP contribution in [0.2, 0.25) is 0 Å². The molecule has 4 rings (SSSR count). The number of phenols is 1. The summed E-state index contributed by atoms with van der Waals surface area (Å²) in [5.41, 5.74) is 5.61. The Hall–Kier alpha value is -3.07. The average Bonchev–Trinajstić information content (AvgIpc) is 3.07. The van der Waals surface area contributed by atoms with E-state index in [2.05, 4.69) is 76.4 Å². The third-order valence-corrected chi connectivity index (χ3v) is 5.56. The predicted molar refractivity (Wildman–Crippen MR) is 126 cm³/mol. The molecule has 1 aromatic heterocycles. The Bertz CT molecular complexity index is 1170. The normalized spacial score (nSPS) is 12.5. The van der Waals surface area contributed by atoms with Gasteiger partial charge in [0, 0.05) is 22.4 Å². The lowest BCUT2D eigenvalue weighted by atomic mass is 9.79. The fourth-order valence-corrected chi connectivity index (χ4v) is 3.96. The van der Waals surface area contributed by atoms with Crippen molar-refractivity contribution in [2.45, 2.75) is 52.4 Å². The maximum absolute atomic E-state index is 11.2. The van der Waals surface area contributed by atoms with Crippen LogP contribution in [0.5, 0.6) is 5.75 Å². The van der Waals surface area contributed by atoms with Crippen molar-refractivity contribution in [3.05, 3.63) is 77.9 Å². The van der Waals surface area contributed by atoms with E-state index in [1.54, 1.807) is 0 Å². The van der Waals surface area contributed by atoms with Crippen molar-refractivity contribution in [3.63, 3.8) is 0 Å². The van der Waals surface area contributed by atoms with Gasteiger partial charge in [-0.25, -0.2) is 4.98 Å². The van der Waals surface area contributed by atoms with Gasteiger partial charge in [0.15, 0.2) is 0 Å². The summed E-state index contributed by atoms with van der Waals surface area (Å²) in [6, 6.07) is 22.7. The van der Waals surface area contributed by atoms with Gasteiger partial charge in [-0.1, -0.05) is 84.0 Å². The van der Waals surface area contributed by atoms with E-state index in [0.29, 0.717) is 5.75 Å². The van der Waals surface area contributed by atoms with Crippen molar-refractivity contribution in [1.82, 2.24) is 9.55 Å². The molecular formula is C27H30N2O. The lowest BCUT2D eigenvalue weighted by Gasteiger charge is -2.28. The number of nitrogens with zero attached hydrogens (tertiary/aromatic N) is 2. The Morgan fingerprint density at radius 3 is 1.83 bits per heavy atom. The molecule has 0 spiro atoms. The van der Waals surface area contributed by atoms with E-state index in [1.165, 1.54) is 0 Å². The van der Waals surface area contributed by atoms with Crippen LogP contribution in [0.4, 0.5) is 0 Å².